The first kappa shape index (κ1) is 14.5. The number of hydrogen-bond acceptors (Lipinski definition) is 4. The molecule has 2 heterocycles. The molecule has 20 heavy (non-hydrogen) atoms. The minimum Gasteiger partial charge on any atom is -0.489 e. The fourth-order valence-electron chi connectivity index (χ4n) is 1.85. The Labute approximate surface area is 119 Å². The van der Waals surface area contributed by atoms with E-state index in [1.165, 1.54) is 0 Å². The fourth-order valence-corrected chi connectivity index (χ4v) is 1.85. The van der Waals surface area contributed by atoms with Crippen LogP contribution in [0.4, 0.5) is 0 Å². The monoisotopic (exact) mass is 272 g/mol. The summed E-state index contributed by atoms with van der Waals surface area (Å²) >= 11 is 0. The minimum absolute atomic E-state index is 0.168. The van der Waals surface area contributed by atoms with E-state index in [1.54, 1.807) is 18.6 Å². The molecule has 2 aromatic rings. The van der Waals surface area contributed by atoms with Crippen molar-refractivity contribution in [3.63, 3.8) is 0 Å². The van der Waals surface area contributed by atoms with Crippen molar-refractivity contribution < 1.29 is 9.47 Å². The van der Waals surface area contributed by atoms with Gasteiger partial charge in [-0.25, -0.2) is 0 Å². The molecule has 0 fully saturated rings. The fraction of sp³-hybridized carbons (Fsp3) is 0.375. The second-order valence-corrected chi connectivity index (χ2v) is 4.67. The molecule has 0 amide bonds. The van der Waals surface area contributed by atoms with Gasteiger partial charge in [0.05, 0.1) is 18.9 Å². The van der Waals surface area contributed by atoms with E-state index >= 15 is 0 Å². The Hall–Kier alpha value is -1.94. The molecule has 4 nitrogen and oxygen atoms in total. The zero-order valence-electron chi connectivity index (χ0n) is 11.7. The molecule has 0 aliphatic heterocycles. The summed E-state index contributed by atoms with van der Waals surface area (Å²) in [7, 11) is 0. The first-order valence-electron chi connectivity index (χ1n) is 6.88. The number of ether oxygens (including phenoxy) is 2. The number of nitrogens with zero attached hydrogens (tertiary/aromatic N) is 2. The van der Waals surface area contributed by atoms with E-state index in [2.05, 4.69) is 16.9 Å². The summed E-state index contributed by atoms with van der Waals surface area (Å²) in [5, 5.41) is 0. The minimum atomic E-state index is 0.168. The normalized spacial score (nSPS) is 12.1. The molecule has 0 N–H and O–H groups in total. The summed E-state index contributed by atoms with van der Waals surface area (Å²) in [5.74, 6) is 0.816. The van der Waals surface area contributed by atoms with Crippen LogP contribution in [0.15, 0.2) is 49.1 Å². The Balaban J connectivity index is 1.57. The molecular weight excluding hydrogens is 252 g/mol. The largest absolute Gasteiger partial charge is 0.489 e. The lowest BCUT2D eigenvalue weighted by Gasteiger charge is -2.14. The molecule has 0 spiro atoms. The summed E-state index contributed by atoms with van der Waals surface area (Å²) in [5.41, 5.74) is 1.10. The zero-order chi connectivity index (χ0) is 14.0. The van der Waals surface area contributed by atoms with E-state index in [0.29, 0.717) is 6.61 Å². The van der Waals surface area contributed by atoms with E-state index in [4.69, 9.17) is 9.47 Å². The van der Waals surface area contributed by atoms with Crippen LogP contribution >= 0.6 is 0 Å². The molecular formula is C16H20N2O2. The lowest BCUT2D eigenvalue weighted by molar-refractivity contribution is 0.105. The Morgan fingerprint density at radius 2 is 1.90 bits per heavy atom. The molecule has 4 heteroatoms. The van der Waals surface area contributed by atoms with Crippen molar-refractivity contribution in [1.29, 1.82) is 0 Å². The molecule has 0 aliphatic carbocycles. The van der Waals surface area contributed by atoms with Crippen molar-refractivity contribution in [2.24, 2.45) is 0 Å². The average Bonchev–Trinajstić information content (AvgIpc) is 2.49. The van der Waals surface area contributed by atoms with Crippen LogP contribution in [0, 0.1) is 0 Å². The lowest BCUT2D eigenvalue weighted by Crippen LogP contribution is -2.12. The summed E-state index contributed by atoms with van der Waals surface area (Å²) in [6.07, 6.45) is 9.17. The highest BCUT2D eigenvalue weighted by atomic mass is 16.5. The van der Waals surface area contributed by atoms with Crippen LogP contribution in [-0.2, 0) is 11.3 Å². The topological polar surface area (TPSA) is 44.2 Å². The van der Waals surface area contributed by atoms with Crippen molar-refractivity contribution >= 4 is 0 Å². The third-order valence-corrected chi connectivity index (χ3v) is 2.86. The van der Waals surface area contributed by atoms with Crippen LogP contribution in [0.3, 0.4) is 0 Å². The van der Waals surface area contributed by atoms with E-state index in [0.717, 1.165) is 30.8 Å². The van der Waals surface area contributed by atoms with Crippen LogP contribution in [0.2, 0.25) is 0 Å². The molecule has 0 bridgehead atoms. The molecule has 0 saturated carbocycles. The quantitative estimate of drug-likeness (QED) is 0.692. The smallest absolute Gasteiger partial charge is 0.137 e. The van der Waals surface area contributed by atoms with Gasteiger partial charge in [-0.05, 0) is 43.5 Å². The maximum Gasteiger partial charge on any atom is 0.137 e. The molecule has 0 radical (unpaired) electrons. The van der Waals surface area contributed by atoms with Crippen molar-refractivity contribution in [2.45, 2.75) is 32.5 Å². The average molecular weight is 272 g/mol. The van der Waals surface area contributed by atoms with Gasteiger partial charge in [0.25, 0.3) is 0 Å². The first-order valence-corrected chi connectivity index (χ1v) is 6.88. The van der Waals surface area contributed by atoms with Gasteiger partial charge in [-0.15, -0.1) is 0 Å². The molecule has 1 unspecified atom stereocenters. The Morgan fingerprint density at radius 1 is 1.10 bits per heavy atom. The van der Waals surface area contributed by atoms with Crippen LogP contribution in [0.1, 0.15) is 25.3 Å². The SMILES string of the molecule is CC(CCCOCc1cccnc1)Oc1cccnc1. The second-order valence-electron chi connectivity index (χ2n) is 4.67. The van der Waals surface area contributed by atoms with E-state index in [9.17, 15) is 0 Å². The van der Waals surface area contributed by atoms with E-state index < -0.39 is 0 Å². The molecule has 1 atom stereocenters. The molecule has 0 saturated heterocycles. The van der Waals surface area contributed by atoms with Crippen LogP contribution in [0.5, 0.6) is 5.75 Å². The van der Waals surface area contributed by atoms with Gasteiger partial charge in [-0.2, -0.15) is 0 Å². The molecule has 0 aromatic carbocycles. The summed E-state index contributed by atoms with van der Waals surface area (Å²) in [6, 6.07) is 7.73. The maximum absolute atomic E-state index is 5.75. The maximum atomic E-state index is 5.75. The predicted octanol–water partition coefficient (Wildman–Crippen LogP) is 3.24. The highest BCUT2D eigenvalue weighted by molar-refractivity contribution is 5.15. The number of aromatic nitrogens is 2. The van der Waals surface area contributed by atoms with Gasteiger partial charge in [-0.1, -0.05) is 6.07 Å². The van der Waals surface area contributed by atoms with Gasteiger partial charge in [0.2, 0.25) is 0 Å². The van der Waals surface area contributed by atoms with E-state index in [-0.39, 0.29) is 6.10 Å². The zero-order valence-corrected chi connectivity index (χ0v) is 11.7. The predicted molar refractivity (Wildman–Crippen MR) is 77.5 cm³/mol. The number of pyridine rings is 2. The number of rotatable bonds is 8. The van der Waals surface area contributed by atoms with Crippen molar-refractivity contribution in [3.8, 4) is 5.75 Å². The lowest BCUT2D eigenvalue weighted by atomic mass is 10.2. The van der Waals surface area contributed by atoms with Gasteiger partial charge in [0.15, 0.2) is 0 Å². The molecule has 2 rings (SSSR count). The summed E-state index contributed by atoms with van der Waals surface area (Å²) in [6.45, 7) is 3.41. The molecule has 106 valence electrons. The van der Waals surface area contributed by atoms with Crippen LogP contribution in [-0.4, -0.2) is 22.7 Å². The van der Waals surface area contributed by atoms with Crippen LogP contribution in [0.25, 0.3) is 0 Å². The van der Waals surface area contributed by atoms with Gasteiger partial charge in [0, 0.05) is 25.2 Å². The Morgan fingerprint density at radius 3 is 2.60 bits per heavy atom. The standard InChI is InChI=1S/C16H20N2O2/c1-14(20-16-7-3-9-18-12-16)5-4-10-19-13-15-6-2-8-17-11-15/h2-3,6-9,11-12,14H,4-5,10,13H2,1H3. The van der Waals surface area contributed by atoms with Crippen molar-refractivity contribution in [2.75, 3.05) is 6.61 Å². The van der Waals surface area contributed by atoms with Crippen molar-refractivity contribution in [3.05, 3.63) is 54.6 Å². The summed E-state index contributed by atoms with van der Waals surface area (Å²) < 4.78 is 11.4. The Bertz CT molecular complexity index is 476. The van der Waals surface area contributed by atoms with Gasteiger partial charge < -0.3 is 9.47 Å². The second kappa shape index (κ2) is 8.27. The molecule has 2 aromatic heterocycles. The van der Waals surface area contributed by atoms with Gasteiger partial charge >= 0.3 is 0 Å². The van der Waals surface area contributed by atoms with Crippen molar-refractivity contribution in [1.82, 2.24) is 9.97 Å². The van der Waals surface area contributed by atoms with Gasteiger partial charge in [0.1, 0.15) is 5.75 Å². The third kappa shape index (κ3) is 5.36. The first-order chi connectivity index (χ1) is 9.84. The summed E-state index contributed by atoms with van der Waals surface area (Å²) in [4.78, 5) is 8.08. The van der Waals surface area contributed by atoms with Crippen LogP contribution < -0.4 is 4.74 Å². The molecule has 0 aliphatic rings. The third-order valence-electron chi connectivity index (χ3n) is 2.86. The van der Waals surface area contributed by atoms with Gasteiger partial charge in [-0.3, -0.25) is 9.97 Å². The highest BCUT2D eigenvalue weighted by Gasteiger charge is 2.03. The highest BCUT2D eigenvalue weighted by Crippen LogP contribution is 2.12. The Kier molecular flexibility index (Phi) is 5.99. The number of hydrogen-bond donors (Lipinski definition) is 0. The van der Waals surface area contributed by atoms with E-state index in [1.807, 2.05) is 30.5 Å².